The van der Waals surface area contributed by atoms with Crippen molar-refractivity contribution in [3.8, 4) is 0 Å². The monoisotopic (exact) mass is 274 g/mol. The third-order valence-electron chi connectivity index (χ3n) is 2.99. The Morgan fingerprint density at radius 2 is 1.79 bits per heavy atom. The number of halogens is 1. The van der Waals surface area contributed by atoms with Crippen LogP contribution in [0.1, 0.15) is 21.5 Å². The molecular formula is C15H15ClN2O. The van der Waals surface area contributed by atoms with Gasteiger partial charge in [0.05, 0.1) is 0 Å². The van der Waals surface area contributed by atoms with Gasteiger partial charge in [0.2, 0.25) is 0 Å². The van der Waals surface area contributed by atoms with Gasteiger partial charge in [0.1, 0.15) is 0 Å². The summed E-state index contributed by atoms with van der Waals surface area (Å²) in [5, 5.41) is 3.42. The van der Waals surface area contributed by atoms with Crippen molar-refractivity contribution in [1.29, 1.82) is 0 Å². The van der Waals surface area contributed by atoms with E-state index in [1.807, 2.05) is 26.0 Å². The molecular weight excluding hydrogens is 260 g/mol. The Balaban J connectivity index is 2.25. The summed E-state index contributed by atoms with van der Waals surface area (Å²) in [6.07, 6.45) is 0. The van der Waals surface area contributed by atoms with Crippen LogP contribution in [-0.2, 0) is 0 Å². The molecule has 0 aliphatic carbocycles. The molecule has 0 saturated carbocycles. The molecule has 0 heterocycles. The van der Waals surface area contributed by atoms with E-state index >= 15 is 0 Å². The molecule has 0 aliphatic heterocycles. The van der Waals surface area contributed by atoms with Gasteiger partial charge in [-0.3, -0.25) is 4.79 Å². The van der Waals surface area contributed by atoms with Crippen LogP contribution in [0.3, 0.4) is 0 Å². The smallest absolute Gasteiger partial charge is 0.255 e. The first-order valence-electron chi connectivity index (χ1n) is 5.91. The largest absolute Gasteiger partial charge is 0.398 e. The number of benzene rings is 2. The molecule has 1 amide bonds. The second-order valence-electron chi connectivity index (χ2n) is 4.48. The maximum Gasteiger partial charge on any atom is 0.255 e. The van der Waals surface area contributed by atoms with Crippen LogP contribution in [0.4, 0.5) is 11.4 Å². The zero-order valence-corrected chi connectivity index (χ0v) is 11.6. The van der Waals surface area contributed by atoms with Gasteiger partial charge in [0.15, 0.2) is 0 Å². The first kappa shape index (κ1) is 13.4. The molecule has 0 fully saturated rings. The molecule has 0 aromatic heterocycles. The second-order valence-corrected chi connectivity index (χ2v) is 4.92. The Kier molecular flexibility index (Phi) is 3.76. The molecule has 0 bridgehead atoms. The lowest BCUT2D eigenvalue weighted by Gasteiger charge is -2.10. The van der Waals surface area contributed by atoms with Crippen LogP contribution >= 0.6 is 11.6 Å². The SMILES string of the molecule is Cc1ccc(C(=O)Nc2cc(Cl)ccc2C)cc1N. The van der Waals surface area contributed by atoms with Gasteiger partial charge in [-0.15, -0.1) is 0 Å². The van der Waals surface area contributed by atoms with Crippen LogP contribution < -0.4 is 11.1 Å². The minimum atomic E-state index is -0.197. The molecule has 19 heavy (non-hydrogen) atoms. The second kappa shape index (κ2) is 5.33. The number of aryl methyl sites for hydroxylation is 2. The van der Waals surface area contributed by atoms with Gasteiger partial charge in [-0.25, -0.2) is 0 Å². The Morgan fingerprint density at radius 1 is 1.11 bits per heavy atom. The average Bonchev–Trinajstić information content (AvgIpc) is 2.37. The van der Waals surface area contributed by atoms with Crippen molar-refractivity contribution in [3.63, 3.8) is 0 Å². The Bertz CT molecular complexity index is 638. The number of nitrogen functional groups attached to an aromatic ring is 1. The van der Waals surface area contributed by atoms with E-state index in [9.17, 15) is 4.79 Å². The van der Waals surface area contributed by atoms with Gasteiger partial charge >= 0.3 is 0 Å². The predicted molar refractivity (Wildman–Crippen MR) is 79.7 cm³/mol. The van der Waals surface area contributed by atoms with E-state index in [2.05, 4.69) is 5.32 Å². The zero-order valence-electron chi connectivity index (χ0n) is 10.8. The van der Waals surface area contributed by atoms with Crippen molar-refractivity contribution < 1.29 is 4.79 Å². The van der Waals surface area contributed by atoms with Gasteiger partial charge in [-0.05, 0) is 49.2 Å². The van der Waals surface area contributed by atoms with Crippen molar-refractivity contribution in [2.75, 3.05) is 11.1 Å². The van der Waals surface area contributed by atoms with E-state index in [0.717, 1.165) is 11.1 Å². The number of amides is 1. The van der Waals surface area contributed by atoms with Crippen molar-refractivity contribution in [2.24, 2.45) is 0 Å². The molecule has 2 aromatic carbocycles. The molecule has 0 unspecified atom stereocenters. The first-order chi connectivity index (χ1) is 8.97. The molecule has 98 valence electrons. The van der Waals surface area contributed by atoms with Gasteiger partial charge in [0.25, 0.3) is 5.91 Å². The van der Waals surface area contributed by atoms with E-state index in [4.69, 9.17) is 17.3 Å². The lowest BCUT2D eigenvalue weighted by atomic mass is 10.1. The lowest BCUT2D eigenvalue weighted by Crippen LogP contribution is -2.13. The molecule has 4 heteroatoms. The summed E-state index contributed by atoms with van der Waals surface area (Å²) in [6, 6.07) is 10.6. The highest BCUT2D eigenvalue weighted by molar-refractivity contribution is 6.31. The molecule has 0 radical (unpaired) electrons. The topological polar surface area (TPSA) is 55.1 Å². The molecule has 0 spiro atoms. The van der Waals surface area contributed by atoms with Crippen molar-refractivity contribution in [3.05, 3.63) is 58.1 Å². The minimum absolute atomic E-state index is 0.197. The van der Waals surface area contributed by atoms with Crippen LogP contribution in [0.2, 0.25) is 5.02 Å². The summed E-state index contributed by atoms with van der Waals surface area (Å²) in [5.74, 6) is -0.197. The highest BCUT2D eigenvalue weighted by Crippen LogP contribution is 2.21. The Hall–Kier alpha value is -2.00. The van der Waals surface area contributed by atoms with Crippen LogP contribution in [0.25, 0.3) is 0 Å². The number of hydrogen-bond donors (Lipinski definition) is 2. The highest BCUT2D eigenvalue weighted by atomic mass is 35.5. The molecule has 2 rings (SSSR count). The predicted octanol–water partition coefficient (Wildman–Crippen LogP) is 3.79. The summed E-state index contributed by atoms with van der Waals surface area (Å²) >= 11 is 5.92. The van der Waals surface area contributed by atoms with Crippen LogP contribution in [0, 0.1) is 13.8 Å². The number of nitrogens with two attached hydrogens (primary N) is 1. The van der Waals surface area contributed by atoms with E-state index in [0.29, 0.717) is 22.0 Å². The Morgan fingerprint density at radius 3 is 2.47 bits per heavy atom. The third-order valence-corrected chi connectivity index (χ3v) is 3.22. The van der Waals surface area contributed by atoms with Crippen LogP contribution in [-0.4, -0.2) is 5.91 Å². The first-order valence-corrected chi connectivity index (χ1v) is 6.29. The Labute approximate surface area is 117 Å². The fraction of sp³-hybridized carbons (Fsp3) is 0.133. The van der Waals surface area contributed by atoms with Gasteiger partial charge in [-0.2, -0.15) is 0 Å². The van der Waals surface area contributed by atoms with Crippen molar-refractivity contribution >= 4 is 28.9 Å². The number of carbonyl (C=O) groups excluding carboxylic acids is 1. The van der Waals surface area contributed by atoms with E-state index in [1.54, 1.807) is 24.3 Å². The number of anilines is 2. The number of rotatable bonds is 2. The van der Waals surface area contributed by atoms with Gasteiger partial charge < -0.3 is 11.1 Å². The number of hydrogen-bond acceptors (Lipinski definition) is 2. The van der Waals surface area contributed by atoms with Crippen LogP contribution in [0.5, 0.6) is 0 Å². The van der Waals surface area contributed by atoms with Crippen molar-refractivity contribution in [1.82, 2.24) is 0 Å². The maximum absolute atomic E-state index is 12.1. The third kappa shape index (κ3) is 3.06. The lowest BCUT2D eigenvalue weighted by molar-refractivity contribution is 0.102. The zero-order chi connectivity index (χ0) is 14.0. The molecule has 0 aliphatic rings. The fourth-order valence-corrected chi connectivity index (χ4v) is 1.88. The summed E-state index contributed by atoms with van der Waals surface area (Å²) in [6.45, 7) is 3.81. The maximum atomic E-state index is 12.1. The number of carbonyl (C=O) groups is 1. The molecule has 2 aromatic rings. The quantitative estimate of drug-likeness (QED) is 0.819. The summed E-state index contributed by atoms with van der Waals surface area (Å²) in [5.41, 5.74) is 9.56. The molecule has 0 saturated heterocycles. The molecule has 3 nitrogen and oxygen atoms in total. The normalized spacial score (nSPS) is 10.3. The minimum Gasteiger partial charge on any atom is -0.398 e. The van der Waals surface area contributed by atoms with E-state index < -0.39 is 0 Å². The average molecular weight is 275 g/mol. The summed E-state index contributed by atoms with van der Waals surface area (Å²) in [4.78, 5) is 12.1. The fourth-order valence-electron chi connectivity index (χ4n) is 1.71. The van der Waals surface area contributed by atoms with Crippen LogP contribution in [0.15, 0.2) is 36.4 Å². The molecule has 0 atom stereocenters. The summed E-state index contributed by atoms with van der Waals surface area (Å²) < 4.78 is 0. The van der Waals surface area contributed by atoms with E-state index in [-0.39, 0.29) is 5.91 Å². The standard InChI is InChI=1S/C15H15ClN2O/c1-9-3-5-11(7-13(9)17)15(19)18-14-8-12(16)6-4-10(14)2/h3-8H,17H2,1-2H3,(H,18,19). The van der Waals surface area contributed by atoms with Gasteiger partial charge in [-0.1, -0.05) is 23.7 Å². The summed E-state index contributed by atoms with van der Waals surface area (Å²) in [7, 11) is 0. The van der Waals surface area contributed by atoms with Gasteiger partial charge in [0, 0.05) is 22.0 Å². The molecule has 3 N–H and O–H groups in total. The highest BCUT2D eigenvalue weighted by Gasteiger charge is 2.09. The van der Waals surface area contributed by atoms with E-state index in [1.165, 1.54) is 0 Å². The number of nitrogens with one attached hydrogen (secondary N) is 1. The van der Waals surface area contributed by atoms with Crippen molar-refractivity contribution in [2.45, 2.75) is 13.8 Å².